The first-order valence-electron chi connectivity index (χ1n) is 7.40. The Morgan fingerprint density at radius 1 is 1.22 bits per heavy atom. The summed E-state index contributed by atoms with van der Waals surface area (Å²) in [5, 5.41) is 3.48. The topological polar surface area (TPSA) is 41.6 Å². The second-order valence-electron chi connectivity index (χ2n) is 5.42. The third kappa shape index (κ3) is 4.63. The van der Waals surface area contributed by atoms with Crippen LogP contribution in [-0.2, 0) is 11.2 Å². The minimum Gasteiger partial charge on any atom is -0.496 e. The molecule has 23 heavy (non-hydrogen) atoms. The van der Waals surface area contributed by atoms with Crippen LogP contribution in [0.1, 0.15) is 12.0 Å². The van der Waals surface area contributed by atoms with Gasteiger partial charge in [-0.25, -0.2) is 0 Å². The molecule has 122 valence electrons. The molecule has 4 nitrogen and oxygen atoms in total. The molecule has 0 bridgehead atoms. The maximum atomic E-state index is 12.1. The molecule has 2 rings (SSSR count). The molecule has 0 aromatic heterocycles. The zero-order chi connectivity index (χ0) is 16.8. The molecule has 0 aliphatic rings. The SMILES string of the molecule is COc1ccccc1CCC(=O)Nc1ccc(N(C)C)c(Cl)c1. The first-order chi connectivity index (χ1) is 11.0. The molecule has 0 unspecified atom stereocenters. The van der Waals surface area contributed by atoms with Crippen molar-refractivity contribution in [3.05, 3.63) is 53.1 Å². The Hall–Kier alpha value is -2.20. The molecule has 0 aliphatic heterocycles. The van der Waals surface area contributed by atoms with Crippen LogP contribution in [0.4, 0.5) is 11.4 Å². The average molecular weight is 333 g/mol. The molecular weight excluding hydrogens is 312 g/mol. The molecule has 0 radical (unpaired) electrons. The van der Waals surface area contributed by atoms with Crippen LogP contribution >= 0.6 is 11.6 Å². The molecule has 5 heteroatoms. The van der Waals surface area contributed by atoms with Crippen LogP contribution in [0.2, 0.25) is 5.02 Å². The van der Waals surface area contributed by atoms with Crippen molar-refractivity contribution in [1.29, 1.82) is 0 Å². The predicted molar refractivity (Wildman–Crippen MR) is 95.7 cm³/mol. The summed E-state index contributed by atoms with van der Waals surface area (Å²) >= 11 is 6.21. The maximum Gasteiger partial charge on any atom is 0.224 e. The van der Waals surface area contributed by atoms with Gasteiger partial charge in [-0.15, -0.1) is 0 Å². The van der Waals surface area contributed by atoms with Gasteiger partial charge in [-0.3, -0.25) is 4.79 Å². The fourth-order valence-electron chi connectivity index (χ4n) is 2.33. The van der Waals surface area contributed by atoms with Crippen LogP contribution in [0.3, 0.4) is 0 Å². The molecule has 0 atom stereocenters. The van der Waals surface area contributed by atoms with Crippen molar-refractivity contribution in [1.82, 2.24) is 0 Å². The quantitative estimate of drug-likeness (QED) is 0.869. The lowest BCUT2D eigenvalue weighted by atomic mass is 10.1. The Morgan fingerprint density at radius 2 is 1.96 bits per heavy atom. The smallest absolute Gasteiger partial charge is 0.224 e. The van der Waals surface area contributed by atoms with Gasteiger partial charge >= 0.3 is 0 Å². The van der Waals surface area contributed by atoms with Crippen LogP contribution in [0.5, 0.6) is 5.75 Å². The van der Waals surface area contributed by atoms with Crippen LogP contribution in [0, 0.1) is 0 Å². The number of nitrogens with one attached hydrogen (secondary N) is 1. The van der Waals surface area contributed by atoms with E-state index in [0.717, 1.165) is 17.0 Å². The Balaban J connectivity index is 1.96. The zero-order valence-corrected chi connectivity index (χ0v) is 14.4. The van der Waals surface area contributed by atoms with Crippen molar-refractivity contribution in [2.24, 2.45) is 0 Å². The van der Waals surface area contributed by atoms with E-state index in [1.54, 1.807) is 13.2 Å². The number of benzene rings is 2. The first-order valence-corrected chi connectivity index (χ1v) is 7.77. The second-order valence-corrected chi connectivity index (χ2v) is 5.83. The molecule has 0 fully saturated rings. The average Bonchev–Trinajstić information content (AvgIpc) is 2.53. The third-order valence-electron chi connectivity index (χ3n) is 3.53. The van der Waals surface area contributed by atoms with Gasteiger partial charge in [0, 0.05) is 26.2 Å². The van der Waals surface area contributed by atoms with Crippen LogP contribution < -0.4 is 15.0 Å². The number of anilines is 2. The highest BCUT2D eigenvalue weighted by molar-refractivity contribution is 6.33. The molecule has 1 amide bonds. The lowest BCUT2D eigenvalue weighted by molar-refractivity contribution is -0.116. The number of aryl methyl sites for hydroxylation is 1. The molecule has 0 spiro atoms. The van der Waals surface area contributed by atoms with Crippen LogP contribution in [-0.4, -0.2) is 27.1 Å². The van der Waals surface area contributed by atoms with E-state index in [0.29, 0.717) is 23.6 Å². The van der Waals surface area contributed by atoms with E-state index in [2.05, 4.69) is 5.32 Å². The Morgan fingerprint density at radius 3 is 2.61 bits per heavy atom. The minimum atomic E-state index is -0.0513. The summed E-state index contributed by atoms with van der Waals surface area (Å²) < 4.78 is 5.29. The lowest BCUT2D eigenvalue weighted by Gasteiger charge is -2.15. The number of nitrogens with zero attached hydrogens (tertiary/aromatic N) is 1. The van der Waals surface area contributed by atoms with Crippen molar-refractivity contribution in [3.63, 3.8) is 0 Å². The molecule has 1 N–H and O–H groups in total. The van der Waals surface area contributed by atoms with E-state index in [1.807, 2.05) is 55.4 Å². The number of rotatable bonds is 6. The standard InChI is InChI=1S/C18H21ClN2O2/c1-21(2)16-10-9-14(12-15(16)19)20-18(22)11-8-13-6-4-5-7-17(13)23-3/h4-7,9-10,12H,8,11H2,1-3H3,(H,20,22). The van der Waals surface area contributed by atoms with Gasteiger partial charge in [-0.1, -0.05) is 29.8 Å². The van der Waals surface area contributed by atoms with Gasteiger partial charge in [0.15, 0.2) is 0 Å². The summed E-state index contributed by atoms with van der Waals surface area (Å²) in [7, 11) is 5.48. The summed E-state index contributed by atoms with van der Waals surface area (Å²) in [6, 6.07) is 13.2. The van der Waals surface area contributed by atoms with E-state index in [-0.39, 0.29) is 5.91 Å². The minimum absolute atomic E-state index is 0.0513. The predicted octanol–water partition coefficient (Wildman–Crippen LogP) is 3.99. The van der Waals surface area contributed by atoms with Gasteiger partial charge in [0.05, 0.1) is 17.8 Å². The van der Waals surface area contributed by atoms with E-state index >= 15 is 0 Å². The Bertz CT molecular complexity index is 686. The van der Waals surface area contributed by atoms with E-state index < -0.39 is 0 Å². The number of amides is 1. The number of carbonyl (C=O) groups excluding carboxylic acids is 1. The van der Waals surface area contributed by atoms with Crippen LogP contribution in [0.25, 0.3) is 0 Å². The molecule has 2 aromatic rings. The molecule has 0 saturated heterocycles. The van der Waals surface area contributed by atoms with Crippen molar-refractivity contribution in [3.8, 4) is 5.75 Å². The summed E-state index contributed by atoms with van der Waals surface area (Å²) in [5.74, 6) is 0.753. The maximum absolute atomic E-state index is 12.1. The summed E-state index contributed by atoms with van der Waals surface area (Å²) in [6.45, 7) is 0. The number of hydrogen-bond acceptors (Lipinski definition) is 3. The normalized spacial score (nSPS) is 10.3. The van der Waals surface area contributed by atoms with Crippen molar-refractivity contribution in [2.45, 2.75) is 12.8 Å². The molecule has 0 saturated carbocycles. The lowest BCUT2D eigenvalue weighted by Crippen LogP contribution is -2.13. The van der Waals surface area contributed by atoms with E-state index in [4.69, 9.17) is 16.3 Å². The van der Waals surface area contributed by atoms with Gasteiger partial charge in [-0.2, -0.15) is 0 Å². The Kier molecular flexibility index (Phi) is 5.88. The summed E-state index contributed by atoms with van der Waals surface area (Å²) in [6.07, 6.45) is 1.01. The number of hydrogen-bond donors (Lipinski definition) is 1. The third-order valence-corrected chi connectivity index (χ3v) is 3.83. The highest BCUT2D eigenvalue weighted by Gasteiger charge is 2.08. The van der Waals surface area contributed by atoms with Gasteiger partial charge in [0.25, 0.3) is 0 Å². The number of carbonyl (C=O) groups is 1. The van der Waals surface area contributed by atoms with Gasteiger partial charge in [-0.05, 0) is 36.2 Å². The Labute approximate surface area is 142 Å². The fraction of sp³-hybridized carbons (Fsp3) is 0.278. The van der Waals surface area contributed by atoms with Gasteiger partial charge < -0.3 is 15.0 Å². The largest absolute Gasteiger partial charge is 0.496 e. The van der Waals surface area contributed by atoms with Crippen molar-refractivity contribution >= 4 is 28.9 Å². The first kappa shape index (κ1) is 17.2. The van der Waals surface area contributed by atoms with Crippen LogP contribution in [0.15, 0.2) is 42.5 Å². The molecule has 0 aliphatic carbocycles. The molecule has 0 heterocycles. The highest BCUT2D eigenvalue weighted by atomic mass is 35.5. The number of para-hydroxylation sites is 1. The zero-order valence-electron chi connectivity index (χ0n) is 13.6. The summed E-state index contributed by atoms with van der Waals surface area (Å²) in [5.41, 5.74) is 2.63. The van der Waals surface area contributed by atoms with Crippen molar-refractivity contribution < 1.29 is 9.53 Å². The molecular formula is C18H21ClN2O2. The van der Waals surface area contributed by atoms with Gasteiger partial charge in [0.2, 0.25) is 5.91 Å². The van der Waals surface area contributed by atoms with E-state index in [9.17, 15) is 4.79 Å². The number of methoxy groups -OCH3 is 1. The summed E-state index contributed by atoms with van der Waals surface area (Å²) in [4.78, 5) is 14.0. The highest BCUT2D eigenvalue weighted by Crippen LogP contribution is 2.27. The van der Waals surface area contributed by atoms with Crippen molar-refractivity contribution in [2.75, 3.05) is 31.4 Å². The number of halogens is 1. The monoisotopic (exact) mass is 332 g/mol. The second kappa shape index (κ2) is 7.88. The van der Waals surface area contributed by atoms with Gasteiger partial charge in [0.1, 0.15) is 5.75 Å². The number of ether oxygens (including phenoxy) is 1. The van der Waals surface area contributed by atoms with E-state index in [1.165, 1.54) is 0 Å². The fourth-order valence-corrected chi connectivity index (χ4v) is 2.68. The molecule has 2 aromatic carbocycles.